The van der Waals surface area contributed by atoms with Gasteiger partial charge in [0.25, 0.3) is 0 Å². The molecule has 0 amide bonds. The summed E-state index contributed by atoms with van der Waals surface area (Å²) in [6, 6.07) is 32.7. The highest BCUT2D eigenvalue weighted by molar-refractivity contribution is 5.37. The van der Waals surface area contributed by atoms with Gasteiger partial charge in [-0.05, 0) is 30.8 Å². The van der Waals surface area contributed by atoms with Gasteiger partial charge in [-0.1, -0.05) is 91.0 Å². The molecule has 0 saturated carbocycles. The molecule has 0 spiro atoms. The predicted octanol–water partition coefficient (Wildman–Crippen LogP) is 5.12. The van der Waals surface area contributed by atoms with Crippen LogP contribution in [0.15, 0.2) is 91.0 Å². The average Bonchev–Trinajstić information content (AvgIpc) is 2.61. The number of likely N-dealkylation sites (N-methyl/N-ethyl adjacent to an activating group) is 1. The molecule has 3 aromatic carbocycles. The second kappa shape index (κ2) is 7.26. The number of hydrogen-bond donors (Lipinski definition) is 0. The molecule has 1 atom stereocenters. The number of nitrogens with zero attached hydrogens (tertiary/aromatic N) is 1. The second-order valence-electron chi connectivity index (χ2n) is 6.12. The normalized spacial score (nSPS) is 12.5. The maximum absolute atomic E-state index is 2.32. The van der Waals surface area contributed by atoms with E-state index in [1.54, 1.807) is 0 Å². The summed E-state index contributed by atoms with van der Waals surface area (Å²) >= 11 is 0. The second-order valence-corrected chi connectivity index (χ2v) is 6.12. The van der Waals surface area contributed by atoms with Gasteiger partial charge < -0.3 is 4.90 Å². The van der Waals surface area contributed by atoms with Crippen molar-refractivity contribution in [1.82, 2.24) is 4.90 Å². The quantitative estimate of drug-likeness (QED) is 0.632. The zero-order valence-corrected chi connectivity index (χ0v) is 13.8. The van der Waals surface area contributed by atoms with E-state index in [1.165, 1.54) is 16.7 Å². The zero-order chi connectivity index (χ0) is 16.1. The minimum atomic E-state index is 0.293. The van der Waals surface area contributed by atoms with E-state index in [-0.39, 0.29) is 0 Å². The molecule has 0 saturated heterocycles. The van der Waals surface area contributed by atoms with E-state index in [4.69, 9.17) is 0 Å². The van der Waals surface area contributed by atoms with Crippen molar-refractivity contribution >= 4 is 0 Å². The third-order valence-corrected chi connectivity index (χ3v) is 4.33. The molecule has 0 aliphatic heterocycles. The summed E-state index contributed by atoms with van der Waals surface area (Å²) in [5, 5.41) is 0. The van der Waals surface area contributed by atoms with E-state index < -0.39 is 0 Å². The SMILES string of the molecule is CN(C)[C@H](c1ccccc1)C(c1ccccc1)c1ccccc1. The number of benzene rings is 3. The molecule has 0 aliphatic rings. The average molecular weight is 301 g/mol. The molecule has 23 heavy (non-hydrogen) atoms. The maximum atomic E-state index is 2.32. The van der Waals surface area contributed by atoms with Crippen LogP contribution in [0.4, 0.5) is 0 Å². The lowest BCUT2D eigenvalue weighted by atomic mass is 9.81. The van der Waals surface area contributed by atoms with Crippen molar-refractivity contribution in [2.75, 3.05) is 14.1 Å². The molecule has 0 unspecified atom stereocenters. The molecule has 3 rings (SSSR count). The molecule has 0 bridgehead atoms. The minimum absolute atomic E-state index is 0.293. The van der Waals surface area contributed by atoms with Crippen molar-refractivity contribution < 1.29 is 0 Å². The lowest BCUT2D eigenvalue weighted by Gasteiger charge is -2.33. The first-order valence-electron chi connectivity index (χ1n) is 8.08. The van der Waals surface area contributed by atoms with Crippen molar-refractivity contribution in [3.63, 3.8) is 0 Å². The van der Waals surface area contributed by atoms with E-state index in [0.717, 1.165) is 0 Å². The summed E-state index contributed by atoms with van der Waals surface area (Å²) < 4.78 is 0. The van der Waals surface area contributed by atoms with Crippen LogP contribution in [0.3, 0.4) is 0 Å². The van der Waals surface area contributed by atoms with Crippen LogP contribution in [0, 0.1) is 0 Å². The van der Waals surface area contributed by atoms with E-state index in [1.807, 2.05) is 0 Å². The van der Waals surface area contributed by atoms with Gasteiger partial charge in [0.1, 0.15) is 0 Å². The van der Waals surface area contributed by atoms with Gasteiger partial charge in [0.15, 0.2) is 0 Å². The van der Waals surface area contributed by atoms with Crippen LogP contribution in [0.25, 0.3) is 0 Å². The number of rotatable bonds is 5. The van der Waals surface area contributed by atoms with Crippen molar-refractivity contribution in [2.24, 2.45) is 0 Å². The summed E-state index contributed by atoms with van der Waals surface area (Å²) in [4.78, 5) is 2.32. The van der Waals surface area contributed by atoms with Gasteiger partial charge in [0.05, 0.1) is 0 Å². The summed E-state index contributed by atoms with van der Waals surface area (Å²) in [7, 11) is 4.33. The molecular formula is C22H23N. The fraction of sp³-hybridized carbons (Fsp3) is 0.182. The fourth-order valence-corrected chi connectivity index (χ4v) is 3.32. The van der Waals surface area contributed by atoms with Crippen LogP contribution in [0.1, 0.15) is 28.7 Å². The van der Waals surface area contributed by atoms with E-state index in [0.29, 0.717) is 12.0 Å². The Morgan fingerprint density at radius 3 is 1.22 bits per heavy atom. The lowest BCUT2D eigenvalue weighted by molar-refractivity contribution is 0.274. The Morgan fingerprint density at radius 2 is 0.870 bits per heavy atom. The lowest BCUT2D eigenvalue weighted by Crippen LogP contribution is -2.27. The standard InChI is InChI=1S/C22H23N/c1-23(2)22(20-16-10-5-11-17-20)21(18-12-6-3-7-13-18)19-14-8-4-9-15-19/h3-17,21-22H,1-2H3/t22-/m1/s1. The Kier molecular flexibility index (Phi) is 4.89. The Bertz CT molecular complexity index is 665. The molecule has 1 nitrogen and oxygen atoms in total. The molecule has 3 aromatic rings. The Labute approximate surface area is 139 Å². The van der Waals surface area contributed by atoms with Crippen molar-refractivity contribution in [2.45, 2.75) is 12.0 Å². The molecule has 0 heterocycles. The summed E-state index contributed by atoms with van der Waals surface area (Å²) in [6.45, 7) is 0. The first-order valence-corrected chi connectivity index (χ1v) is 8.08. The first-order chi connectivity index (χ1) is 11.3. The monoisotopic (exact) mass is 301 g/mol. The molecular weight excluding hydrogens is 278 g/mol. The van der Waals surface area contributed by atoms with Crippen molar-refractivity contribution in [3.05, 3.63) is 108 Å². The molecule has 0 radical (unpaired) electrons. The van der Waals surface area contributed by atoms with Crippen LogP contribution in [-0.4, -0.2) is 19.0 Å². The van der Waals surface area contributed by atoms with E-state index in [9.17, 15) is 0 Å². The Morgan fingerprint density at radius 1 is 0.522 bits per heavy atom. The number of hydrogen-bond acceptors (Lipinski definition) is 1. The van der Waals surface area contributed by atoms with Crippen LogP contribution >= 0.6 is 0 Å². The topological polar surface area (TPSA) is 3.24 Å². The van der Waals surface area contributed by atoms with Gasteiger partial charge in [-0.3, -0.25) is 0 Å². The largest absolute Gasteiger partial charge is 0.301 e. The molecule has 116 valence electrons. The Hall–Kier alpha value is -2.38. The van der Waals surface area contributed by atoms with E-state index >= 15 is 0 Å². The smallest absolute Gasteiger partial charge is 0.0451 e. The predicted molar refractivity (Wildman–Crippen MR) is 97.6 cm³/mol. The Balaban J connectivity index is 2.13. The van der Waals surface area contributed by atoms with Crippen molar-refractivity contribution in [1.29, 1.82) is 0 Å². The summed E-state index contributed by atoms with van der Waals surface area (Å²) in [5.41, 5.74) is 4.04. The van der Waals surface area contributed by atoms with Crippen LogP contribution in [-0.2, 0) is 0 Å². The highest BCUT2D eigenvalue weighted by Crippen LogP contribution is 2.39. The summed E-state index contributed by atoms with van der Waals surface area (Å²) in [6.07, 6.45) is 0. The van der Waals surface area contributed by atoms with Gasteiger partial charge in [-0.15, -0.1) is 0 Å². The fourth-order valence-electron chi connectivity index (χ4n) is 3.32. The van der Waals surface area contributed by atoms with Crippen LogP contribution in [0.5, 0.6) is 0 Å². The zero-order valence-electron chi connectivity index (χ0n) is 13.8. The van der Waals surface area contributed by atoms with Crippen molar-refractivity contribution in [3.8, 4) is 0 Å². The van der Waals surface area contributed by atoms with Crippen LogP contribution < -0.4 is 0 Å². The molecule has 0 aliphatic carbocycles. The van der Waals surface area contributed by atoms with Gasteiger partial charge >= 0.3 is 0 Å². The molecule has 1 heteroatoms. The van der Waals surface area contributed by atoms with E-state index in [2.05, 4.69) is 110 Å². The molecule has 0 N–H and O–H groups in total. The summed E-state index contributed by atoms with van der Waals surface area (Å²) in [5.74, 6) is 0.301. The molecule has 0 aromatic heterocycles. The van der Waals surface area contributed by atoms with Gasteiger partial charge in [-0.2, -0.15) is 0 Å². The van der Waals surface area contributed by atoms with Crippen LogP contribution in [0.2, 0.25) is 0 Å². The third kappa shape index (κ3) is 3.52. The van der Waals surface area contributed by atoms with Gasteiger partial charge in [0, 0.05) is 12.0 Å². The highest BCUT2D eigenvalue weighted by Gasteiger charge is 2.27. The van der Waals surface area contributed by atoms with Gasteiger partial charge in [-0.25, -0.2) is 0 Å². The third-order valence-electron chi connectivity index (χ3n) is 4.33. The molecule has 0 fully saturated rings. The minimum Gasteiger partial charge on any atom is -0.301 e. The first kappa shape index (κ1) is 15.5. The highest BCUT2D eigenvalue weighted by atomic mass is 15.1. The van der Waals surface area contributed by atoms with Gasteiger partial charge in [0.2, 0.25) is 0 Å². The maximum Gasteiger partial charge on any atom is 0.0451 e.